The van der Waals surface area contributed by atoms with Gasteiger partial charge in [0.25, 0.3) is 0 Å². The summed E-state index contributed by atoms with van der Waals surface area (Å²) < 4.78 is 5.69. The Balaban J connectivity index is 1.48. The molecule has 0 bridgehead atoms. The number of fused-ring (bicyclic) bond motifs is 3. The molecule has 2 aliphatic rings. The number of aliphatic carboxylic acids is 1. The first-order valence-corrected chi connectivity index (χ1v) is 12.3. The van der Waals surface area contributed by atoms with Gasteiger partial charge in [0, 0.05) is 5.92 Å². The van der Waals surface area contributed by atoms with Crippen molar-refractivity contribution in [2.45, 2.75) is 70.4 Å². The van der Waals surface area contributed by atoms with Crippen LogP contribution in [0.4, 0.5) is 4.79 Å². The average Bonchev–Trinajstić information content (AvgIpc) is 3.14. The summed E-state index contributed by atoms with van der Waals surface area (Å²) >= 11 is 0. The van der Waals surface area contributed by atoms with Crippen molar-refractivity contribution < 1.29 is 24.2 Å². The van der Waals surface area contributed by atoms with Crippen molar-refractivity contribution in [2.24, 2.45) is 5.41 Å². The zero-order valence-corrected chi connectivity index (χ0v) is 20.6. The zero-order valence-electron chi connectivity index (χ0n) is 20.6. The van der Waals surface area contributed by atoms with Crippen LogP contribution >= 0.6 is 0 Å². The Kier molecular flexibility index (Phi) is 6.88. The number of amides is 2. The molecule has 2 amide bonds. The minimum Gasteiger partial charge on any atom is -0.480 e. The first-order chi connectivity index (χ1) is 16.6. The molecule has 0 saturated heterocycles. The van der Waals surface area contributed by atoms with E-state index in [0.717, 1.165) is 41.5 Å². The molecule has 3 N–H and O–H groups in total. The second-order valence-electron chi connectivity index (χ2n) is 10.7. The van der Waals surface area contributed by atoms with E-state index in [0.29, 0.717) is 12.8 Å². The highest BCUT2D eigenvalue weighted by Gasteiger charge is 2.44. The van der Waals surface area contributed by atoms with Crippen molar-refractivity contribution >= 4 is 18.0 Å². The maximum atomic E-state index is 13.4. The van der Waals surface area contributed by atoms with Crippen LogP contribution in [-0.4, -0.2) is 41.3 Å². The molecule has 2 aromatic carbocycles. The van der Waals surface area contributed by atoms with Gasteiger partial charge in [-0.3, -0.25) is 4.79 Å². The van der Waals surface area contributed by atoms with Crippen LogP contribution < -0.4 is 10.6 Å². The Labute approximate surface area is 206 Å². The van der Waals surface area contributed by atoms with Gasteiger partial charge < -0.3 is 20.5 Å². The Morgan fingerprint density at radius 2 is 1.51 bits per heavy atom. The molecule has 7 nitrogen and oxygen atoms in total. The fraction of sp³-hybridized carbons (Fsp3) is 0.464. The summed E-state index contributed by atoms with van der Waals surface area (Å²) in [6.07, 6.45) is 2.73. The maximum Gasteiger partial charge on any atom is 0.408 e. The molecule has 4 rings (SSSR count). The first kappa shape index (κ1) is 24.8. The van der Waals surface area contributed by atoms with Gasteiger partial charge >= 0.3 is 12.1 Å². The number of benzene rings is 2. The first-order valence-electron chi connectivity index (χ1n) is 12.3. The van der Waals surface area contributed by atoms with Crippen LogP contribution in [0, 0.1) is 5.41 Å². The van der Waals surface area contributed by atoms with Gasteiger partial charge in [-0.15, -0.1) is 0 Å². The van der Waals surface area contributed by atoms with E-state index < -0.39 is 35.0 Å². The van der Waals surface area contributed by atoms with E-state index in [2.05, 4.69) is 34.9 Å². The summed E-state index contributed by atoms with van der Waals surface area (Å²) in [5.41, 5.74) is 2.65. The lowest BCUT2D eigenvalue weighted by Gasteiger charge is -2.38. The van der Waals surface area contributed by atoms with Crippen molar-refractivity contribution in [3.8, 4) is 11.1 Å². The predicted octanol–water partition coefficient (Wildman–Crippen LogP) is 4.84. The van der Waals surface area contributed by atoms with E-state index >= 15 is 0 Å². The molecule has 1 saturated carbocycles. The van der Waals surface area contributed by atoms with Crippen LogP contribution in [0.1, 0.15) is 69.9 Å². The van der Waals surface area contributed by atoms with Crippen molar-refractivity contribution in [1.29, 1.82) is 0 Å². The topological polar surface area (TPSA) is 105 Å². The summed E-state index contributed by atoms with van der Waals surface area (Å²) in [6.45, 7) is 5.44. The largest absolute Gasteiger partial charge is 0.480 e. The molecule has 0 aliphatic heterocycles. The van der Waals surface area contributed by atoms with Gasteiger partial charge in [-0.1, -0.05) is 88.6 Å². The lowest BCUT2D eigenvalue weighted by molar-refractivity contribution is -0.146. The van der Waals surface area contributed by atoms with Gasteiger partial charge in [0.1, 0.15) is 18.2 Å². The third-order valence-corrected chi connectivity index (χ3v) is 7.22. The summed E-state index contributed by atoms with van der Waals surface area (Å²) in [4.78, 5) is 38.2. The minimum atomic E-state index is -1.18. The molecule has 2 aliphatic carbocycles. The van der Waals surface area contributed by atoms with Crippen LogP contribution in [-0.2, 0) is 14.3 Å². The number of hydrogen-bond donors (Lipinski definition) is 3. The number of carbonyl (C=O) groups excluding carboxylic acids is 2. The monoisotopic (exact) mass is 478 g/mol. The van der Waals surface area contributed by atoms with E-state index in [1.165, 1.54) is 0 Å². The predicted molar refractivity (Wildman–Crippen MR) is 133 cm³/mol. The van der Waals surface area contributed by atoms with Gasteiger partial charge in [-0.05, 0) is 40.5 Å². The van der Waals surface area contributed by atoms with Crippen molar-refractivity contribution in [3.63, 3.8) is 0 Å². The quantitative estimate of drug-likeness (QED) is 0.551. The number of carbonyl (C=O) groups is 3. The molecule has 0 spiro atoms. The number of ether oxygens (including phenoxy) is 1. The molecule has 0 heterocycles. The van der Waals surface area contributed by atoms with E-state index in [9.17, 15) is 19.5 Å². The van der Waals surface area contributed by atoms with E-state index in [1.54, 1.807) is 20.8 Å². The van der Waals surface area contributed by atoms with Gasteiger partial charge in [0.2, 0.25) is 5.91 Å². The van der Waals surface area contributed by atoms with E-state index in [1.807, 2.05) is 24.3 Å². The molecule has 0 aromatic heterocycles. The third-order valence-electron chi connectivity index (χ3n) is 7.22. The number of carboxylic acids is 1. The van der Waals surface area contributed by atoms with Gasteiger partial charge in [0.15, 0.2) is 0 Å². The highest BCUT2D eigenvalue weighted by atomic mass is 16.5. The van der Waals surface area contributed by atoms with Crippen molar-refractivity contribution in [2.75, 3.05) is 6.61 Å². The van der Waals surface area contributed by atoms with E-state index in [-0.39, 0.29) is 12.5 Å². The van der Waals surface area contributed by atoms with Crippen molar-refractivity contribution in [3.05, 3.63) is 59.7 Å². The second-order valence-corrected chi connectivity index (χ2v) is 10.7. The molecule has 2 aromatic rings. The summed E-state index contributed by atoms with van der Waals surface area (Å²) in [5, 5.41) is 15.2. The van der Waals surface area contributed by atoms with Crippen molar-refractivity contribution in [1.82, 2.24) is 10.6 Å². The molecule has 1 fully saturated rings. The molecule has 0 unspecified atom stereocenters. The number of alkyl carbamates (subject to hydrolysis) is 1. The second kappa shape index (κ2) is 9.72. The number of hydrogen-bond acceptors (Lipinski definition) is 4. The van der Waals surface area contributed by atoms with Crippen LogP contribution in [0.15, 0.2) is 48.5 Å². The van der Waals surface area contributed by atoms with Gasteiger partial charge in [0.05, 0.1) is 0 Å². The highest BCUT2D eigenvalue weighted by Crippen LogP contribution is 2.44. The highest BCUT2D eigenvalue weighted by molar-refractivity contribution is 5.93. The van der Waals surface area contributed by atoms with Crippen LogP contribution in [0.3, 0.4) is 0 Å². The van der Waals surface area contributed by atoms with Crippen LogP contribution in [0.25, 0.3) is 11.1 Å². The molecule has 7 heteroatoms. The number of rotatable bonds is 6. The fourth-order valence-electron chi connectivity index (χ4n) is 5.31. The molecule has 35 heavy (non-hydrogen) atoms. The van der Waals surface area contributed by atoms with E-state index in [4.69, 9.17) is 4.74 Å². The molecular weight excluding hydrogens is 444 g/mol. The third kappa shape index (κ3) is 5.04. The summed E-state index contributed by atoms with van der Waals surface area (Å²) in [6, 6.07) is 15.1. The standard InChI is InChI=1S/C28H34N2O5/c1-27(2,3)23(24(31)32)29-25(33)28(15-9-4-10-16-28)30-26(34)35-17-22-20-13-7-5-11-18(20)19-12-6-8-14-21(19)22/h5-8,11-14,22-23H,4,9-10,15-17H2,1-3H3,(H,29,33)(H,30,34)(H,31,32)/t23-/m1/s1. The molecule has 1 atom stereocenters. The average molecular weight is 479 g/mol. The summed E-state index contributed by atoms with van der Waals surface area (Å²) in [5.74, 6) is -1.65. The Bertz CT molecular complexity index is 1070. The lowest BCUT2D eigenvalue weighted by Crippen LogP contribution is -2.63. The molecule has 0 radical (unpaired) electrons. The Morgan fingerprint density at radius 3 is 2.03 bits per heavy atom. The SMILES string of the molecule is CC(C)(C)[C@H](NC(=O)C1(NC(=O)OCC2c3ccccc3-c3ccccc32)CCCCC1)C(=O)O. The van der Waals surface area contributed by atoms with Crippen LogP contribution in [0.2, 0.25) is 0 Å². The Morgan fingerprint density at radius 1 is 0.971 bits per heavy atom. The lowest BCUT2D eigenvalue weighted by atomic mass is 9.79. The number of nitrogens with one attached hydrogen (secondary N) is 2. The fourth-order valence-corrected chi connectivity index (χ4v) is 5.31. The zero-order chi connectivity index (χ0) is 25.2. The maximum absolute atomic E-state index is 13.4. The van der Waals surface area contributed by atoms with Crippen LogP contribution in [0.5, 0.6) is 0 Å². The normalized spacial score (nSPS) is 17.6. The molecule has 186 valence electrons. The summed E-state index contributed by atoms with van der Waals surface area (Å²) in [7, 11) is 0. The molecular formula is C28H34N2O5. The van der Waals surface area contributed by atoms with Gasteiger partial charge in [-0.2, -0.15) is 0 Å². The Hall–Kier alpha value is -3.35. The van der Waals surface area contributed by atoms with Gasteiger partial charge in [-0.25, -0.2) is 9.59 Å². The minimum absolute atomic E-state index is 0.0819. The number of carboxylic acid groups (broad SMARTS) is 1. The smallest absolute Gasteiger partial charge is 0.408 e.